The van der Waals surface area contributed by atoms with Gasteiger partial charge in [-0.25, -0.2) is 0 Å². The molecule has 0 saturated carbocycles. The highest BCUT2D eigenvalue weighted by atomic mass is 16.2. The zero-order chi connectivity index (χ0) is 10.6. The third kappa shape index (κ3) is 2.99. The van der Waals surface area contributed by atoms with Crippen LogP contribution in [-0.4, -0.2) is 30.4 Å². The van der Waals surface area contributed by atoms with Gasteiger partial charge in [-0.05, 0) is 26.2 Å². The molecule has 0 radical (unpaired) electrons. The fourth-order valence-corrected chi connectivity index (χ4v) is 1.38. The molecule has 0 spiro atoms. The van der Waals surface area contributed by atoms with Crippen molar-refractivity contribution in [2.24, 2.45) is 5.73 Å². The lowest BCUT2D eigenvalue weighted by Gasteiger charge is -2.16. The maximum atomic E-state index is 11.4. The van der Waals surface area contributed by atoms with E-state index in [1.807, 2.05) is 0 Å². The maximum Gasteiger partial charge on any atom is 0.242 e. The third-order valence-electron chi connectivity index (χ3n) is 2.27. The first-order valence-electron chi connectivity index (χ1n) is 4.95. The molecule has 0 aromatic carbocycles. The van der Waals surface area contributed by atoms with Crippen molar-refractivity contribution in [3.8, 4) is 0 Å². The molecule has 0 aromatic rings. The van der Waals surface area contributed by atoms with Gasteiger partial charge < -0.3 is 16.4 Å². The van der Waals surface area contributed by atoms with Crippen LogP contribution in [0.1, 0.15) is 26.2 Å². The molecule has 1 fully saturated rings. The molecule has 1 saturated heterocycles. The summed E-state index contributed by atoms with van der Waals surface area (Å²) in [6, 6.07) is -0.970. The topological polar surface area (TPSA) is 84.2 Å². The van der Waals surface area contributed by atoms with E-state index in [0.717, 1.165) is 12.8 Å². The monoisotopic (exact) mass is 199 g/mol. The molecule has 2 amide bonds. The summed E-state index contributed by atoms with van der Waals surface area (Å²) in [4.78, 5) is 22.7. The molecule has 1 aliphatic rings. The van der Waals surface area contributed by atoms with E-state index in [1.54, 1.807) is 6.92 Å². The van der Waals surface area contributed by atoms with Crippen molar-refractivity contribution >= 4 is 11.8 Å². The molecule has 2 atom stereocenters. The van der Waals surface area contributed by atoms with Gasteiger partial charge in [-0.15, -0.1) is 0 Å². The Kier molecular flexibility index (Phi) is 3.88. The van der Waals surface area contributed by atoms with Crippen LogP contribution in [0.3, 0.4) is 0 Å². The summed E-state index contributed by atoms with van der Waals surface area (Å²) in [5.41, 5.74) is 5.39. The number of rotatable bonds is 2. The average Bonchev–Trinajstić information content (AvgIpc) is 2.32. The van der Waals surface area contributed by atoms with Crippen molar-refractivity contribution in [1.29, 1.82) is 0 Å². The first kappa shape index (κ1) is 11.0. The minimum atomic E-state index is -0.564. The number of nitrogens with one attached hydrogen (secondary N) is 2. The van der Waals surface area contributed by atoms with Crippen LogP contribution in [0.5, 0.6) is 0 Å². The van der Waals surface area contributed by atoms with Gasteiger partial charge in [0.05, 0.1) is 6.04 Å². The molecule has 1 unspecified atom stereocenters. The number of carbonyl (C=O) groups excluding carboxylic acids is 2. The molecule has 5 heteroatoms. The Morgan fingerprint density at radius 3 is 3.00 bits per heavy atom. The highest BCUT2D eigenvalue weighted by Gasteiger charge is 2.23. The van der Waals surface area contributed by atoms with Crippen molar-refractivity contribution in [3.05, 3.63) is 0 Å². The average molecular weight is 199 g/mol. The minimum Gasteiger partial charge on any atom is -0.354 e. The molecular weight excluding hydrogens is 182 g/mol. The van der Waals surface area contributed by atoms with Gasteiger partial charge in [0, 0.05) is 6.54 Å². The summed E-state index contributed by atoms with van der Waals surface area (Å²) >= 11 is 0. The minimum absolute atomic E-state index is 0.100. The molecule has 0 aliphatic carbocycles. The van der Waals surface area contributed by atoms with E-state index >= 15 is 0 Å². The van der Waals surface area contributed by atoms with E-state index in [2.05, 4.69) is 10.6 Å². The van der Waals surface area contributed by atoms with E-state index < -0.39 is 12.1 Å². The Balaban J connectivity index is 2.48. The summed E-state index contributed by atoms with van der Waals surface area (Å²) in [5, 5.41) is 5.38. The predicted molar refractivity (Wildman–Crippen MR) is 52.4 cm³/mol. The molecular formula is C9H17N3O2. The Bertz CT molecular complexity index is 228. The van der Waals surface area contributed by atoms with Crippen molar-refractivity contribution in [2.75, 3.05) is 6.54 Å². The van der Waals surface area contributed by atoms with Crippen LogP contribution < -0.4 is 16.4 Å². The van der Waals surface area contributed by atoms with E-state index in [0.29, 0.717) is 13.0 Å². The standard InChI is InChI=1S/C9H17N3O2/c1-6(10)8(13)12-7-4-2-3-5-11-9(7)14/h6-7H,2-5,10H2,1H3,(H,11,14)(H,12,13)/t6-,7?/m0/s1. The van der Waals surface area contributed by atoms with E-state index in [4.69, 9.17) is 5.73 Å². The molecule has 1 heterocycles. The number of hydrogen-bond acceptors (Lipinski definition) is 3. The van der Waals surface area contributed by atoms with Gasteiger partial charge in [0.1, 0.15) is 6.04 Å². The fourth-order valence-electron chi connectivity index (χ4n) is 1.38. The number of nitrogens with two attached hydrogens (primary N) is 1. The molecule has 80 valence electrons. The van der Waals surface area contributed by atoms with Gasteiger partial charge in [-0.3, -0.25) is 9.59 Å². The first-order chi connectivity index (χ1) is 6.61. The Morgan fingerprint density at radius 2 is 2.36 bits per heavy atom. The quantitative estimate of drug-likeness (QED) is 0.540. The van der Waals surface area contributed by atoms with Crippen LogP contribution in [0.15, 0.2) is 0 Å². The van der Waals surface area contributed by atoms with Crippen LogP contribution in [0.25, 0.3) is 0 Å². The first-order valence-corrected chi connectivity index (χ1v) is 4.95. The zero-order valence-corrected chi connectivity index (χ0v) is 8.38. The molecule has 5 nitrogen and oxygen atoms in total. The summed E-state index contributed by atoms with van der Waals surface area (Å²) in [5.74, 6) is -0.372. The molecule has 1 aliphatic heterocycles. The second-order valence-electron chi connectivity index (χ2n) is 3.64. The van der Waals surface area contributed by atoms with Crippen LogP contribution in [0.4, 0.5) is 0 Å². The van der Waals surface area contributed by atoms with Crippen LogP contribution in [-0.2, 0) is 9.59 Å². The molecule has 0 bridgehead atoms. The van der Waals surface area contributed by atoms with Crippen molar-refractivity contribution in [1.82, 2.24) is 10.6 Å². The Morgan fingerprint density at radius 1 is 1.64 bits per heavy atom. The van der Waals surface area contributed by atoms with Gasteiger partial charge in [0.25, 0.3) is 0 Å². The van der Waals surface area contributed by atoms with Crippen molar-refractivity contribution in [3.63, 3.8) is 0 Å². The van der Waals surface area contributed by atoms with Crippen LogP contribution in [0.2, 0.25) is 0 Å². The molecule has 4 N–H and O–H groups in total. The van der Waals surface area contributed by atoms with Crippen molar-refractivity contribution in [2.45, 2.75) is 38.3 Å². The summed E-state index contributed by atoms with van der Waals surface area (Å²) in [6.45, 7) is 2.30. The highest BCUT2D eigenvalue weighted by molar-refractivity contribution is 5.89. The molecule has 0 aromatic heterocycles. The fraction of sp³-hybridized carbons (Fsp3) is 0.778. The largest absolute Gasteiger partial charge is 0.354 e. The van der Waals surface area contributed by atoms with Crippen molar-refractivity contribution < 1.29 is 9.59 Å². The third-order valence-corrected chi connectivity index (χ3v) is 2.27. The molecule has 14 heavy (non-hydrogen) atoms. The lowest BCUT2D eigenvalue weighted by molar-refractivity contribution is -0.129. The highest BCUT2D eigenvalue weighted by Crippen LogP contribution is 2.05. The van der Waals surface area contributed by atoms with Gasteiger partial charge in [-0.1, -0.05) is 0 Å². The van der Waals surface area contributed by atoms with Crippen LogP contribution >= 0.6 is 0 Å². The summed E-state index contributed by atoms with van der Waals surface area (Å²) in [6.07, 6.45) is 2.61. The van der Waals surface area contributed by atoms with Crippen LogP contribution in [0, 0.1) is 0 Å². The lowest BCUT2D eigenvalue weighted by Crippen LogP contribution is -2.50. The number of carbonyl (C=O) groups is 2. The summed E-state index contributed by atoms with van der Waals surface area (Å²) in [7, 11) is 0. The van der Waals surface area contributed by atoms with E-state index in [1.165, 1.54) is 0 Å². The Hall–Kier alpha value is -1.10. The SMILES string of the molecule is C[C@H](N)C(=O)NC1CCCCNC1=O. The summed E-state index contributed by atoms with van der Waals surface area (Å²) < 4.78 is 0. The van der Waals surface area contributed by atoms with Gasteiger partial charge >= 0.3 is 0 Å². The van der Waals surface area contributed by atoms with Gasteiger partial charge in [-0.2, -0.15) is 0 Å². The normalized spacial score (nSPS) is 24.7. The molecule has 1 rings (SSSR count). The second kappa shape index (κ2) is 4.95. The second-order valence-corrected chi connectivity index (χ2v) is 3.64. The Labute approximate surface area is 83.4 Å². The number of hydrogen-bond donors (Lipinski definition) is 3. The van der Waals surface area contributed by atoms with Gasteiger partial charge in [0.2, 0.25) is 11.8 Å². The smallest absolute Gasteiger partial charge is 0.242 e. The maximum absolute atomic E-state index is 11.4. The number of amides is 2. The predicted octanol–water partition coefficient (Wildman–Crippen LogP) is -0.881. The van der Waals surface area contributed by atoms with Gasteiger partial charge in [0.15, 0.2) is 0 Å². The lowest BCUT2D eigenvalue weighted by atomic mass is 10.1. The zero-order valence-electron chi connectivity index (χ0n) is 8.38. The van der Waals surface area contributed by atoms with E-state index in [-0.39, 0.29) is 11.8 Å². The van der Waals surface area contributed by atoms with E-state index in [9.17, 15) is 9.59 Å².